The number of carbonyl (C=O) groups is 6. The molecule has 8 N–H and O–H groups in total. The van der Waals surface area contributed by atoms with Gasteiger partial charge in [0.15, 0.2) is 12.2 Å². The smallest absolute Gasteiger partial charge is 0.414 e. The summed E-state index contributed by atoms with van der Waals surface area (Å²) in [5.74, 6) is -9.70. The summed E-state index contributed by atoms with van der Waals surface area (Å²) in [4.78, 5) is 56.8. The molecule has 0 heterocycles. The predicted molar refractivity (Wildman–Crippen MR) is 67.0 cm³/mol. The monoisotopic (exact) mass is 356 g/mol. The minimum absolute atomic E-state index is 0.558. The van der Waals surface area contributed by atoms with Crippen molar-refractivity contribution in [3.8, 4) is 0 Å². The van der Waals surface area contributed by atoms with Crippen molar-refractivity contribution in [3.63, 3.8) is 0 Å². The molecule has 0 saturated carbocycles. The third kappa shape index (κ3) is 18.5. The van der Waals surface area contributed by atoms with Crippen LogP contribution in [0.3, 0.4) is 0 Å². The molecule has 0 radical (unpaired) electrons. The van der Waals surface area contributed by atoms with Gasteiger partial charge in [-0.15, -0.1) is 0 Å². The summed E-state index contributed by atoms with van der Waals surface area (Å²) in [6.07, 6.45) is -3.42. The van der Waals surface area contributed by atoms with E-state index in [-0.39, 0.29) is 0 Å². The normalized spacial score (nSPS) is 11.6. The van der Waals surface area contributed by atoms with E-state index < -0.39 is 48.0 Å². The highest BCUT2D eigenvalue weighted by Crippen LogP contribution is 1.92. The minimum Gasteiger partial charge on any atom is -0.479 e. The van der Waals surface area contributed by atoms with Crippen molar-refractivity contribution in [2.45, 2.75) is 12.2 Å². The lowest BCUT2D eigenvalue weighted by molar-refractivity contribution is -0.165. The Bertz CT molecular complexity index is 472. The fourth-order valence-electron chi connectivity index (χ4n) is 0.413. The van der Waals surface area contributed by atoms with E-state index in [1.807, 2.05) is 0 Å². The second-order valence-corrected chi connectivity index (χ2v) is 3.19. The SMILES string of the molecule is O=C(O)C(=O)O.O=C(O)C(O)C(O)C(=O)O.O=C(O)C=CC(=O)O. The highest BCUT2D eigenvalue weighted by Gasteiger charge is 2.29. The lowest BCUT2D eigenvalue weighted by Gasteiger charge is -2.07. The van der Waals surface area contributed by atoms with Crippen molar-refractivity contribution in [3.05, 3.63) is 12.2 Å². The summed E-state index contributed by atoms with van der Waals surface area (Å²) in [7, 11) is 0. The molecule has 0 aromatic rings. The van der Waals surface area contributed by atoms with Gasteiger partial charge >= 0.3 is 35.8 Å². The van der Waals surface area contributed by atoms with E-state index >= 15 is 0 Å². The number of carboxylic acid groups (broad SMARTS) is 6. The maximum absolute atomic E-state index is 9.77. The van der Waals surface area contributed by atoms with Crippen LogP contribution in [0.2, 0.25) is 0 Å². The molecule has 14 nitrogen and oxygen atoms in total. The van der Waals surface area contributed by atoms with Crippen LogP contribution >= 0.6 is 0 Å². The van der Waals surface area contributed by atoms with Gasteiger partial charge in [-0.05, 0) is 0 Å². The van der Waals surface area contributed by atoms with Crippen molar-refractivity contribution < 1.29 is 69.6 Å². The van der Waals surface area contributed by atoms with Crippen molar-refractivity contribution in [2.24, 2.45) is 0 Å². The molecule has 0 aromatic heterocycles. The summed E-state index contributed by atoms with van der Waals surface area (Å²) < 4.78 is 0. The number of aliphatic hydroxyl groups is 2. The number of aliphatic carboxylic acids is 6. The summed E-state index contributed by atoms with van der Waals surface area (Å²) in [5, 5.41) is 62.9. The summed E-state index contributed by atoms with van der Waals surface area (Å²) >= 11 is 0. The zero-order valence-corrected chi connectivity index (χ0v) is 11.3. The average molecular weight is 356 g/mol. The van der Waals surface area contributed by atoms with E-state index in [0.29, 0.717) is 12.2 Å². The Morgan fingerprint density at radius 2 is 0.750 bits per heavy atom. The lowest BCUT2D eigenvalue weighted by Crippen LogP contribution is -2.39. The predicted octanol–water partition coefficient (Wildman–Crippen LogP) is -3.26. The average Bonchev–Trinajstić information content (AvgIpc) is 2.44. The number of aliphatic hydroxyl groups excluding tert-OH is 2. The molecule has 24 heavy (non-hydrogen) atoms. The standard InChI is InChI=1S/C4H6O6.C4H4O4.C2H2O4/c5-1(3(7)8)2(6)4(9)10;5-3(6)1-2-4(7)8;3-1(4)2(5)6/h1-2,5-6H,(H,7,8)(H,9,10);1-2H,(H,5,6)(H,7,8);(H,3,4)(H,5,6). The first-order chi connectivity index (χ1) is 10.7. The molecule has 0 spiro atoms. The van der Waals surface area contributed by atoms with E-state index in [4.69, 9.17) is 50.4 Å². The fraction of sp³-hybridized carbons (Fsp3) is 0.200. The van der Waals surface area contributed by atoms with E-state index in [0.717, 1.165) is 0 Å². The van der Waals surface area contributed by atoms with Gasteiger partial charge in [0.25, 0.3) is 0 Å². The van der Waals surface area contributed by atoms with Crippen LogP contribution < -0.4 is 0 Å². The second-order valence-electron chi connectivity index (χ2n) is 3.19. The molecule has 0 aliphatic heterocycles. The Hall–Kier alpha value is -3.52. The van der Waals surface area contributed by atoms with Crippen LogP contribution in [0.5, 0.6) is 0 Å². The molecule has 0 aromatic carbocycles. The molecule has 0 rings (SSSR count). The maximum atomic E-state index is 9.77. The Labute approximate surface area is 131 Å². The van der Waals surface area contributed by atoms with Gasteiger partial charge in [0.1, 0.15) is 0 Å². The van der Waals surface area contributed by atoms with Crippen molar-refractivity contribution in [1.82, 2.24) is 0 Å². The Kier molecular flexibility index (Phi) is 14.0. The largest absolute Gasteiger partial charge is 0.479 e. The van der Waals surface area contributed by atoms with Crippen LogP contribution in [0.15, 0.2) is 12.2 Å². The number of hydrogen-bond acceptors (Lipinski definition) is 8. The number of rotatable bonds is 5. The van der Waals surface area contributed by atoms with Gasteiger partial charge < -0.3 is 40.9 Å². The van der Waals surface area contributed by atoms with Gasteiger partial charge in [-0.1, -0.05) is 0 Å². The molecule has 0 bridgehead atoms. The van der Waals surface area contributed by atoms with E-state index in [9.17, 15) is 19.2 Å². The van der Waals surface area contributed by atoms with E-state index in [1.54, 1.807) is 0 Å². The quantitative estimate of drug-likeness (QED) is 0.177. The minimum atomic E-state index is -2.27. The summed E-state index contributed by atoms with van der Waals surface area (Å²) in [5.41, 5.74) is 0. The first-order valence-electron chi connectivity index (χ1n) is 5.15. The third-order valence-corrected chi connectivity index (χ3v) is 1.36. The van der Waals surface area contributed by atoms with Crippen molar-refractivity contribution in [2.75, 3.05) is 0 Å². The molecular formula is C10H12O14. The van der Waals surface area contributed by atoms with Crippen LogP contribution in [-0.4, -0.2) is 88.9 Å². The molecule has 0 saturated heterocycles. The summed E-state index contributed by atoms with van der Waals surface area (Å²) in [6, 6.07) is 0. The molecule has 14 heteroatoms. The molecular weight excluding hydrogens is 344 g/mol. The molecule has 0 fully saturated rings. The van der Waals surface area contributed by atoms with Crippen LogP contribution in [0, 0.1) is 0 Å². The fourth-order valence-corrected chi connectivity index (χ4v) is 0.413. The molecule has 0 aliphatic carbocycles. The highest BCUT2D eigenvalue weighted by molar-refractivity contribution is 6.27. The molecule has 2 unspecified atom stereocenters. The van der Waals surface area contributed by atoms with Gasteiger partial charge in [-0.3, -0.25) is 0 Å². The third-order valence-electron chi connectivity index (χ3n) is 1.36. The van der Waals surface area contributed by atoms with Gasteiger partial charge in [-0.2, -0.15) is 0 Å². The second kappa shape index (κ2) is 13.2. The number of carboxylic acids is 6. The van der Waals surface area contributed by atoms with Gasteiger partial charge in [0, 0.05) is 12.2 Å². The zero-order chi connectivity index (χ0) is 20.0. The summed E-state index contributed by atoms with van der Waals surface area (Å²) in [6.45, 7) is 0. The van der Waals surface area contributed by atoms with Crippen molar-refractivity contribution >= 4 is 35.8 Å². The molecule has 2 atom stereocenters. The first-order valence-corrected chi connectivity index (χ1v) is 5.15. The van der Waals surface area contributed by atoms with Gasteiger partial charge in [0.2, 0.25) is 0 Å². The molecule has 136 valence electrons. The van der Waals surface area contributed by atoms with Gasteiger partial charge in [-0.25, -0.2) is 28.8 Å². The topological polar surface area (TPSA) is 264 Å². The molecule has 0 amide bonds. The van der Waals surface area contributed by atoms with Crippen LogP contribution in [-0.2, 0) is 28.8 Å². The molecule has 0 aliphatic rings. The Morgan fingerprint density at radius 3 is 0.833 bits per heavy atom. The van der Waals surface area contributed by atoms with Gasteiger partial charge in [0.05, 0.1) is 0 Å². The Balaban J connectivity index is -0.000000285. The van der Waals surface area contributed by atoms with Crippen molar-refractivity contribution in [1.29, 1.82) is 0 Å². The number of hydrogen-bond donors (Lipinski definition) is 8. The maximum Gasteiger partial charge on any atom is 0.414 e. The van der Waals surface area contributed by atoms with Crippen LogP contribution in [0.4, 0.5) is 0 Å². The highest BCUT2D eigenvalue weighted by atomic mass is 16.4. The van der Waals surface area contributed by atoms with Crippen LogP contribution in [0.1, 0.15) is 0 Å². The zero-order valence-electron chi connectivity index (χ0n) is 11.3. The van der Waals surface area contributed by atoms with E-state index in [2.05, 4.69) is 0 Å². The lowest BCUT2D eigenvalue weighted by atomic mass is 10.2. The van der Waals surface area contributed by atoms with Crippen LogP contribution in [0.25, 0.3) is 0 Å². The van der Waals surface area contributed by atoms with E-state index in [1.165, 1.54) is 0 Å². The first kappa shape index (κ1) is 25.4. The Morgan fingerprint density at radius 1 is 0.542 bits per heavy atom.